The maximum Gasteiger partial charge on any atom is 0.127 e. The first-order valence-corrected chi connectivity index (χ1v) is 7.25. The third-order valence-corrected chi connectivity index (χ3v) is 4.10. The fourth-order valence-corrected chi connectivity index (χ4v) is 2.91. The van der Waals surface area contributed by atoms with Gasteiger partial charge in [-0.1, -0.05) is 24.3 Å². The molecule has 0 amide bonds. The van der Waals surface area contributed by atoms with Gasteiger partial charge in [0.1, 0.15) is 5.82 Å². The molecule has 0 heterocycles. The third kappa shape index (κ3) is 3.12. The van der Waals surface area contributed by atoms with Gasteiger partial charge in [0.2, 0.25) is 0 Å². The number of nitrogens with one attached hydrogen (secondary N) is 1. The molecule has 1 aliphatic rings. The number of halogens is 1. The van der Waals surface area contributed by atoms with E-state index in [9.17, 15) is 4.39 Å². The molecule has 21 heavy (non-hydrogen) atoms. The molecule has 0 spiro atoms. The van der Waals surface area contributed by atoms with E-state index >= 15 is 0 Å². The average molecular weight is 280 g/mol. The fourth-order valence-electron chi connectivity index (χ4n) is 2.91. The highest BCUT2D eigenvalue weighted by molar-refractivity contribution is 5.34. The Morgan fingerprint density at radius 2 is 2.00 bits per heavy atom. The number of fused-ring (bicyclic) bond motifs is 1. The lowest BCUT2D eigenvalue weighted by molar-refractivity contribution is 0.451. The van der Waals surface area contributed by atoms with Crippen LogP contribution in [0.5, 0.6) is 0 Å². The predicted octanol–water partition coefficient (Wildman–Crippen LogP) is 3.34. The standard InChI is InChI=1S/C18H17FN2/c19-18-8-5-13(11-20)9-16(18)12-21-17-7-6-14-3-1-2-4-15(14)10-17/h1-5,8-9,17,21H,6-7,10,12H2. The molecule has 2 nitrogen and oxygen atoms in total. The lowest BCUT2D eigenvalue weighted by Gasteiger charge is -2.25. The molecule has 3 rings (SSSR count). The van der Waals surface area contributed by atoms with Crippen molar-refractivity contribution in [3.63, 3.8) is 0 Å². The van der Waals surface area contributed by atoms with E-state index in [1.165, 1.54) is 23.3 Å². The smallest absolute Gasteiger partial charge is 0.127 e. The zero-order valence-electron chi connectivity index (χ0n) is 11.8. The first-order chi connectivity index (χ1) is 10.3. The van der Waals surface area contributed by atoms with Crippen molar-refractivity contribution in [1.82, 2.24) is 5.32 Å². The summed E-state index contributed by atoms with van der Waals surface area (Å²) < 4.78 is 13.7. The summed E-state index contributed by atoms with van der Waals surface area (Å²) in [6.45, 7) is 0.466. The molecule has 1 unspecified atom stereocenters. The van der Waals surface area contributed by atoms with E-state index in [0.717, 1.165) is 19.3 Å². The SMILES string of the molecule is N#Cc1ccc(F)c(CNC2CCc3ccccc3C2)c1. The number of rotatable bonds is 3. The number of hydrogen-bond acceptors (Lipinski definition) is 2. The summed E-state index contributed by atoms with van der Waals surface area (Å²) in [4.78, 5) is 0. The van der Waals surface area contributed by atoms with Crippen molar-refractivity contribution in [1.29, 1.82) is 5.26 Å². The first kappa shape index (κ1) is 13.8. The highest BCUT2D eigenvalue weighted by Gasteiger charge is 2.18. The molecule has 2 aromatic rings. The van der Waals surface area contributed by atoms with Crippen LogP contribution in [0.1, 0.15) is 28.7 Å². The van der Waals surface area contributed by atoms with Gasteiger partial charge < -0.3 is 5.32 Å². The lowest BCUT2D eigenvalue weighted by atomic mass is 9.88. The average Bonchev–Trinajstić information content (AvgIpc) is 2.54. The monoisotopic (exact) mass is 280 g/mol. The van der Waals surface area contributed by atoms with Crippen LogP contribution in [-0.2, 0) is 19.4 Å². The molecule has 0 saturated heterocycles. The van der Waals surface area contributed by atoms with Gasteiger partial charge in [0, 0.05) is 18.2 Å². The molecule has 1 N–H and O–H groups in total. The Balaban J connectivity index is 1.66. The summed E-state index contributed by atoms with van der Waals surface area (Å²) in [5.74, 6) is -0.252. The summed E-state index contributed by atoms with van der Waals surface area (Å²) in [6.07, 6.45) is 3.11. The van der Waals surface area contributed by atoms with Crippen LogP contribution in [0.15, 0.2) is 42.5 Å². The van der Waals surface area contributed by atoms with Crippen molar-refractivity contribution in [3.8, 4) is 6.07 Å². The van der Waals surface area contributed by atoms with E-state index in [2.05, 4.69) is 35.7 Å². The molecule has 0 fully saturated rings. The Morgan fingerprint density at radius 1 is 1.19 bits per heavy atom. The van der Waals surface area contributed by atoms with Crippen LogP contribution in [0.25, 0.3) is 0 Å². The number of hydrogen-bond donors (Lipinski definition) is 1. The van der Waals surface area contributed by atoms with Gasteiger partial charge in [-0.25, -0.2) is 4.39 Å². The van der Waals surface area contributed by atoms with Crippen LogP contribution in [0, 0.1) is 17.1 Å². The van der Waals surface area contributed by atoms with Gasteiger partial charge in [-0.15, -0.1) is 0 Å². The summed E-state index contributed by atoms with van der Waals surface area (Å²) in [5, 5.41) is 12.3. The molecular formula is C18H17FN2. The second-order valence-electron chi connectivity index (χ2n) is 5.51. The highest BCUT2D eigenvalue weighted by Crippen LogP contribution is 2.21. The van der Waals surface area contributed by atoms with E-state index < -0.39 is 0 Å². The topological polar surface area (TPSA) is 35.8 Å². The van der Waals surface area contributed by atoms with Gasteiger partial charge in [0.05, 0.1) is 11.6 Å². The van der Waals surface area contributed by atoms with E-state index in [1.807, 2.05) is 0 Å². The maximum absolute atomic E-state index is 13.7. The first-order valence-electron chi connectivity index (χ1n) is 7.25. The quantitative estimate of drug-likeness (QED) is 0.936. The minimum atomic E-state index is -0.252. The van der Waals surface area contributed by atoms with Gasteiger partial charge in [-0.3, -0.25) is 0 Å². The Hall–Kier alpha value is -2.18. The molecule has 0 bridgehead atoms. The molecule has 1 atom stereocenters. The largest absolute Gasteiger partial charge is 0.309 e. The van der Waals surface area contributed by atoms with Crippen LogP contribution in [0.2, 0.25) is 0 Å². The summed E-state index contributed by atoms with van der Waals surface area (Å²) in [5.41, 5.74) is 3.87. The molecule has 2 aromatic carbocycles. The Kier molecular flexibility index (Phi) is 3.98. The van der Waals surface area contributed by atoms with Gasteiger partial charge in [0.25, 0.3) is 0 Å². The van der Waals surface area contributed by atoms with Gasteiger partial charge in [-0.05, 0) is 48.6 Å². The van der Waals surface area contributed by atoms with Crippen molar-refractivity contribution in [2.24, 2.45) is 0 Å². The van der Waals surface area contributed by atoms with E-state index in [4.69, 9.17) is 5.26 Å². The third-order valence-electron chi connectivity index (χ3n) is 4.10. The van der Waals surface area contributed by atoms with E-state index in [0.29, 0.717) is 23.7 Å². The molecule has 1 aliphatic carbocycles. The second-order valence-corrected chi connectivity index (χ2v) is 5.51. The number of benzene rings is 2. The molecule has 0 aliphatic heterocycles. The summed E-state index contributed by atoms with van der Waals surface area (Å²) >= 11 is 0. The van der Waals surface area contributed by atoms with Gasteiger partial charge in [-0.2, -0.15) is 5.26 Å². The fraction of sp³-hybridized carbons (Fsp3) is 0.278. The second kappa shape index (κ2) is 6.07. The van der Waals surface area contributed by atoms with Crippen LogP contribution in [-0.4, -0.2) is 6.04 Å². The molecular weight excluding hydrogens is 263 g/mol. The normalized spacial score (nSPS) is 17.0. The summed E-state index contributed by atoms with van der Waals surface area (Å²) in [7, 11) is 0. The predicted molar refractivity (Wildman–Crippen MR) is 80.2 cm³/mol. The summed E-state index contributed by atoms with van der Waals surface area (Å²) in [6, 6.07) is 15.4. The minimum absolute atomic E-state index is 0.252. The van der Waals surface area contributed by atoms with Crippen molar-refractivity contribution < 1.29 is 4.39 Å². The van der Waals surface area contributed by atoms with Crippen molar-refractivity contribution in [2.45, 2.75) is 31.8 Å². The lowest BCUT2D eigenvalue weighted by Crippen LogP contribution is -2.34. The van der Waals surface area contributed by atoms with Crippen molar-refractivity contribution >= 4 is 0 Å². The molecule has 0 radical (unpaired) electrons. The number of aryl methyl sites for hydroxylation is 1. The number of nitriles is 1. The van der Waals surface area contributed by atoms with Crippen molar-refractivity contribution in [2.75, 3.05) is 0 Å². The van der Waals surface area contributed by atoms with Crippen LogP contribution < -0.4 is 5.32 Å². The number of nitrogens with zero attached hydrogens (tertiary/aromatic N) is 1. The molecule has 106 valence electrons. The maximum atomic E-state index is 13.7. The van der Waals surface area contributed by atoms with E-state index in [-0.39, 0.29) is 5.82 Å². The van der Waals surface area contributed by atoms with E-state index in [1.54, 1.807) is 6.07 Å². The van der Waals surface area contributed by atoms with Gasteiger partial charge in [0.15, 0.2) is 0 Å². The van der Waals surface area contributed by atoms with Crippen LogP contribution in [0.4, 0.5) is 4.39 Å². The molecule has 0 aromatic heterocycles. The zero-order valence-corrected chi connectivity index (χ0v) is 11.8. The van der Waals surface area contributed by atoms with Gasteiger partial charge >= 0.3 is 0 Å². The zero-order chi connectivity index (χ0) is 14.7. The Labute approximate surface area is 124 Å². The van der Waals surface area contributed by atoms with Crippen LogP contribution in [0.3, 0.4) is 0 Å². The highest BCUT2D eigenvalue weighted by atomic mass is 19.1. The Bertz CT molecular complexity index is 688. The Morgan fingerprint density at radius 3 is 2.81 bits per heavy atom. The minimum Gasteiger partial charge on any atom is -0.309 e. The molecule has 0 saturated carbocycles. The van der Waals surface area contributed by atoms with Crippen molar-refractivity contribution in [3.05, 3.63) is 70.5 Å². The van der Waals surface area contributed by atoms with Crippen LogP contribution >= 0.6 is 0 Å². The molecule has 3 heteroatoms.